The van der Waals surface area contributed by atoms with Gasteiger partial charge in [-0.15, -0.1) is 0 Å². The topological polar surface area (TPSA) is 33.0 Å². The highest BCUT2D eigenvalue weighted by molar-refractivity contribution is 6.32. The smallest absolute Gasteiger partial charge is 0.146 e. The summed E-state index contributed by atoms with van der Waals surface area (Å²) in [5.41, 5.74) is 2.77. The third kappa shape index (κ3) is 2.47. The summed E-state index contributed by atoms with van der Waals surface area (Å²) in [7, 11) is 0. The first-order chi connectivity index (χ1) is 8.61. The molecule has 0 aromatic heterocycles. The van der Waals surface area contributed by atoms with Gasteiger partial charge in [-0.05, 0) is 49.2 Å². The van der Waals surface area contributed by atoms with Gasteiger partial charge < -0.3 is 4.74 Å². The van der Waals surface area contributed by atoms with Crippen LogP contribution in [0.3, 0.4) is 0 Å². The molecule has 2 aromatic carbocycles. The fourth-order valence-corrected chi connectivity index (χ4v) is 1.83. The zero-order valence-corrected chi connectivity index (χ0v) is 11.0. The molecule has 0 aliphatic rings. The fourth-order valence-electron chi connectivity index (χ4n) is 1.61. The minimum atomic E-state index is 0.440. The number of nitrogens with zero attached hydrogens (tertiary/aromatic N) is 1. The van der Waals surface area contributed by atoms with Gasteiger partial charge in [0.25, 0.3) is 0 Å². The third-order valence-electron chi connectivity index (χ3n) is 2.84. The second-order valence-electron chi connectivity index (χ2n) is 4.06. The van der Waals surface area contributed by atoms with Gasteiger partial charge >= 0.3 is 0 Å². The van der Waals surface area contributed by atoms with Gasteiger partial charge in [0.05, 0.1) is 16.7 Å². The van der Waals surface area contributed by atoms with Crippen LogP contribution in [-0.4, -0.2) is 0 Å². The number of halogens is 1. The van der Waals surface area contributed by atoms with Crippen molar-refractivity contribution >= 4 is 11.6 Å². The monoisotopic (exact) mass is 257 g/mol. The Bertz CT molecular complexity index is 629. The molecule has 90 valence electrons. The molecule has 0 fully saturated rings. The van der Waals surface area contributed by atoms with Crippen molar-refractivity contribution in [1.82, 2.24) is 0 Å². The number of benzene rings is 2. The van der Waals surface area contributed by atoms with Crippen LogP contribution in [-0.2, 0) is 0 Å². The van der Waals surface area contributed by atoms with E-state index in [0.717, 1.165) is 16.9 Å². The lowest BCUT2D eigenvalue weighted by molar-refractivity contribution is 0.478. The van der Waals surface area contributed by atoms with Crippen molar-refractivity contribution < 1.29 is 4.74 Å². The summed E-state index contributed by atoms with van der Waals surface area (Å²) in [6.45, 7) is 4.03. The van der Waals surface area contributed by atoms with Crippen molar-refractivity contribution in [3.05, 3.63) is 58.1 Å². The predicted molar refractivity (Wildman–Crippen MR) is 72.2 cm³/mol. The highest BCUT2D eigenvalue weighted by Gasteiger charge is 2.07. The van der Waals surface area contributed by atoms with E-state index in [2.05, 4.69) is 0 Å². The Kier molecular flexibility index (Phi) is 3.55. The Hall–Kier alpha value is -1.98. The zero-order valence-electron chi connectivity index (χ0n) is 10.2. The van der Waals surface area contributed by atoms with Gasteiger partial charge in [-0.25, -0.2) is 0 Å². The van der Waals surface area contributed by atoms with Crippen molar-refractivity contribution in [3.63, 3.8) is 0 Å². The molecular formula is C15H12ClNO. The van der Waals surface area contributed by atoms with E-state index in [9.17, 15) is 0 Å². The molecule has 0 saturated carbocycles. The van der Waals surface area contributed by atoms with E-state index >= 15 is 0 Å². The number of rotatable bonds is 2. The fraction of sp³-hybridized carbons (Fsp3) is 0.133. The molecule has 0 atom stereocenters. The standard InChI is InChI=1S/C15H12ClNO/c1-10-4-3-5-14(11(10)2)18-15-7-6-12(9-17)8-13(15)16/h3-8H,1-2H3. The van der Waals surface area contributed by atoms with Gasteiger partial charge in [0, 0.05) is 0 Å². The number of ether oxygens (including phenoxy) is 1. The maximum atomic E-state index is 8.77. The Morgan fingerprint density at radius 3 is 2.56 bits per heavy atom. The summed E-state index contributed by atoms with van der Waals surface area (Å²) in [6, 6.07) is 12.9. The molecule has 0 unspecified atom stereocenters. The van der Waals surface area contributed by atoms with Crippen LogP contribution in [0.1, 0.15) is 16.7 Å². The second-order valence-corrected chi connectivity index (χ2v) is 4.46. The highest BCUT2D eigenvalue weighted by atomic mass is 35.5. The highest BCUT2D eigenvalue weighted by Crippen LogP contribution is 2.32. The molecule has 0 saturated heterocycles. The van der Waals surface area contributed by atoms with Crippen LogP contribution in [0.5, 0.6) is 11.5 Å². The molecule has 2 nitrogen and oxygen atoms in total. The lowest BCUT2D eigenvalue weighted by Gasteiger charge is -2.11. The maximum Gasteiger partial charge on any atom is 0.146 e. The van der Waals surface area contributed by atoms with E-state index < -0.39 is 0 Å². The van der Waals surface area contributed by atoms with Crippen molar-refractivity contribution in [1.29, 1.82) is 5.26 Å². The molecule has 0 radical (unpaired) electrons. The molecule has 0 aliphatic carbocycles. The van der Waals surface area contributed by atoms with Crippen LogP contribution in [0.2, 0.25) is 5.02 Å². The number of nitriles is 1. The normalized spacial score (nSPS) is 9.89. The molecule has 0 spiro atoms. The Morgan fingerprint density at radius 1 is 1.11 bits per heavy atom. The number of hydrogen-bond donors (Lipinski definition) is 0. The van der Waals surface area contributed by atoms with Gasteiger partial charge in [-0.2, -0.15) is 5.26 Å². The Morgan fingerprint density at radius 2 is 1.89 bits per heavy atom. The summed E-state index contributed by atoms with van der Waals surface area (Å²) in [4.78, 5) is 0. The molecular weight excluding hydrogens is 246 g/mol. The minimum Gasteiger partial charge on any atom is -0.456 e. The average molecular weight is 258 g/mol. The van der Waals surface area contributed by atoms with Gasteiger partial charge in [-0.3, -0.25) is 0 Å². The first kappa shape index (κ1) is 12.5. The van der Waals surface area contributed by atoms with Crippen LogP contribution in [0, 0.1) is 25.2 Å². The predicted octanol–water partition coefficient (Wildman–Crippen LogP) is 4.62. The number of aryl methyl sites for hydroxylation is 1. The summed E-state index contributed by atoms with van der Waals surface area (Å²) in [6.07, 6.45) is 0. The van der Waals surface area contributed by atoms with Crippen LogP contribution in [0.15, 0.2) is 36.4 Å². The molecule has 2 rings (SSSR count). The van der Waals surface area contributed by atoms with Crippen LogP contribution < -0.4 is 4.74 Å². The maximum absolute atomic E-state index is 8.77. The van der Waals surface area contributed by atoms with Crippen LogP contribution in [0.25, 0.3) is 0 Å². The van der Waals surface area contributed by atoms with E-state index in [-0.39, 0.29) is 0 Å². The first-order valence-electron chi connectivity index (χ1n) is 5.55. The van der Waals surface area contributed by atoms with Crippen LogP contribution in [0.4, 0.5) is 0 Å². The molecule has 2 aromatic rings. The van der Waals surface area contributed by atoms with E-state index in [0.29, 0.717) is 16.3 Å². The van der Waals surface area contributed by atoms with E-state index in [4.69, 9.17) is 21.6 Å². The lowest BCUT2D eigenvalue weighted by atomic mass is 10.1. The molecule has 18 heavy (non-hydrogen) atoms. The van der Waals surface area contributed by atoms with E-state index in [1.807, 2.05) is 38.1 Å². The summed E-state index contributed by atoms with van der Waals surface area (Å²) in [5, 5.41) is 9.21. The molecule has 3 heteroatoms. The quantitative estimate of drug-likeness (QED) is 0.786. The molecule has 0 heterocycles. The van der Waals surface area contributed by atoms with Gasteiger partial charge in [0.15, 0.2) is 0 Å². The summed E-state index contributed by atoms with van der Waals surface area (Å²) < 4.78 is 5.78. The molecule has 0 aliphatic heterocycles. The molecule has 0 N–H and O–H groups in total. The Labute approximate surface area is 111 Å². The van der Waals surface area contributed by atoms with E-state index in [1.165, 1.54) is 0 Å². The van der Waals surface area contributed by atoms with Crippen molar-refractivity contribution in [2.24, 2.45) is 0 Å². The van der Waals surface area contributed by atoms with Crippen molar-refractivity contribution in [2.75, 3.05) is 0 Å². The van der Waals surface area contributed by atoms with Crippen molar-refractivity contribution in [3.8, 4) is 17.6 Å². The molecule has 0 amide bonds. The van der Waals surface area contributed by atoms with Gasteiger partial charge in [-0.1, -0.05) is 23.7 Å². The second kappa shape index (κ2) is 5.12. The summed E-state index contributed by atoms with van der Waals surface area (Å²) in [5.74, 6) is 1.34. The minimum absolute atomic E-state index is 0.440. The average Bonchev–Trinajstić information content (AvgIpc) is 2.37. The van der Waals surface area contributed by atoms with E-state index in [1.54, 1.807) is 18.2 Å². The third-order valence-corrected chi connectivity index (χ3v) is 3.13. The summed E-state index contributed by atoms with van der Waals surface area (Å²) >= 11 is 6.07. The van der Waals surface area contributed by atoms with Gasteiger partial charge in [0.1, 0.15) is 11.5 Å². The number of hydrogen-bond acceptors (Lipinski definition) is 2. The van der Waals surface area contributed by atoms with Crippen molar-refractivity contribution in [2.45, 2.75) is 13.8 Å². The van der Waals surface area contributed by atoms with Gasteiger partial charge in [0.2, 0.25) is 0 Å². The SMILES string of the molecule is Cc1cccc(Oc2ccc(C#N)cc2Cl)c1C. The van der Waals surface area contributed by atoms with Crippen LogP contribution >= 0.6 is 11.6 Å². The molecule has 0 bridgehead atoms. The Balaban J connectivity index is 2.35. The largest absolute Gasteiger partial charge is 0.456 e. The lowest BCUT2D eigenvalue weighted by Crippen LogP contribution is -1.91. The first-order valence-corrected chi connectivity index (χ1v) is 5.93. The zero-order chi connectivity index (χ0) is 13.1.